The monoisotopic (exact) mass is 201 g/mol. The Morgan fingerprint density at radius 1 is 1.27 bits per heavy atom. The predicted molar refractivity (Wildman–Crippen MR) is 60.8 cm³/mol. The van der Waals surface area contributed by atoms with Crippen molar-refractivity contribution < 1.29 is 4.74 Å². The number of hydrogen-bond acceptors (Lipinski definition) is 2. The molecule has 1 saturated carbocycles. The molecule has 2 N–H and O–H groups in total. The standard InChI is InChI=1S/C13H15NO/c14-11-7-13(8-11)15-12-5-4-9-2-1-3-10(9)6-12/h1,3-6,11,13H,2,7-8,14H2. The Balaban J connectivity index is 1.73. The summed E-state index contributed by atoms with van der Waals surface area (Å²) in [7, 11) is 0. The zero-order chi connectivity index (χ0) is 10.3. The van der Waals surface area contributed by atoms with Crippen molar-refractivity contribution in [1.82, 2.24) is 0 Å². The van der Waals surface area contributed by atoms with Gasteiger partial charge >= 0.3 is 0 Å². The lowest BCUT2D eigenvalue weighted by atomic mass is 9.90. The summed E-state index contributed by atoms with van der Waals surface area (Å²) in [6.45, 7) is 0. The zero-order valence-electron chi connectivity index (χ0n) is 8.65. The van der Waals surface area contributed by atoms with Crippen LogP contribution in [0.4, 0.5) is 0 Å². The number of benzene rings is 1. The smallest absolute Gasteiger partial charge is 0.120 e. The summed E-state index contributed by atoms with van der Waals surface area (Å²) in [6.07, 6.45) is 7.73. The molecule has 0 amide bonds. The van der Waals surface area contributed by atoms with Gasteiger partial charge in [0, 0.05) is 6.04 Å². The van der Waals surface area contributed by atoms with E-state index in [1.165, 1.54) is 11.1 Å². The molecule has 2 aliphatic carbocycles. The molecular weight excluding hydrogens is 186 g/mol. The molecule has 1 fully saturated rings. The largest absolute Gasteiger partial charge is 0.490 e. The molecule has 3 rings (SSSR count). The average molecular weight is 201 g/mol. The summed E-state index contributed by atoms with van der Waals surface area (Å²) >= 11 is 0. The average Bonchev–Trinajstić information content (AvgIpc) is 2.62. The summed E-state index contributed by atoms with van der Waals surface area (Å²) in [4.78, 5) is 0. The van der Waals surface area contributed by atoms with Crippen LogP contribution in [0.5, 0.6) is 5.75 Å². The first-order chi connectivity index (χ1) is 7.31. The van der Waals surface area contributed by atoms with Gasteiger partial charge in [-0.25, -0.2) is 0 Å². The SMILES string of the molecule is NC1CC(Oc2ccc3c(c2)C=CC3)C1. The van der Waals surface area contributed by atoms with Crippen molar-refractivity contribution in [2.45, 2.75) is 31.4 Å². The molecule has 0 aromatic heterocycles. The van der Waals surface area contributed by atoms with Crippen LogP contribution in [0.2, 0.25) is 0 Å². The van der Waals surface area contributed by atoms with E-state index < -0.39 is 0 Å². The minimum atomic E-state index is 0.337. The summed E-state index contributed by atoms with van der Waals surface area (Å²) < 4.78 is 5.83. The van der Waals surface area contributed by atoms with Crippen LogP contribution in [-0.2, 0) is 6.42 Å². The van der Waals surface area contributed by atoms with Gasteiger partial charge in [0.05, 0.1) is 0 Å². The molecule has 0 spiro atoms. The number of ether oxygens (including phenoxy) is 1. The Morgan fingerprint density at radius 3 is 2.93 bits per heavy atom. The Hall–Kier alpha value is -1.28. The van der Waals surface area contributed by atoms with E-state index in [0.717, 1.165) is 25.0 Å². The lowest BCUT2D eigenvalue weighted by Gasteiger charge is -2.32. The quantitative estimate of drug-likeness (QED) is 0.795. The minimum absolute atomic E-state index is 0.337. The fraction of sp³-hybridized carbons (Fsp3) is 0.385. The van der Waals surface area contributed by atoms with E-state index in [-0.39, 0.29) is 0 Å². The third-order valence-corrected chi connectivity index (χ3v) is 3.19. The lowest BCUT2D eigenvalue weighted by Crippen LogP contribution is -2.43. The first-order valence-corrected chi connectivity index (χ1v) is 5.53. The van der Waals surface area contributed by atoms with Crippen LogP contribution in [0, 0.1) is 0 Å². The van der Waals surface area contributed by atoms with Gasteiger partial charge in [-0.1, -0.05) is 18.2 Å². The van der Waals surface area contributed by atoms with Crippen molar-refractivity contribution in [3.8, 4) is 5.75 Å². The summed E-state index contributed by atoms with van der Waals surface area (Å²) in [5.41, 5.74) is 8.42. The van der Waals surface area contributed by atoms with Crippen molar-refractivity contribution in [3.63, 3.8) is 0 Å². The van der Waals surface area contributed by atoms with Gasteiger partial charge in [0.1, 0.15) is 11.9 Å². The van der Waals surface area contributed by atoms with Crippen LogP contribution in [0.15, 0.2) is 24.3 Å². The van der Waals surface area contributed by atoms with Crippen molar-refractivity contribution >= 4 is 6.08 Å². The van der Waals surface area contributed by atoms with Gasteiger partial charge in [0.15, 0.2) is 0 Å². The third kappa shape index (κ3) is 1.65. The maximum Gasteiger partial charge on any atom is 0.120 e. The van der Waals surface area contributed by atoms with Crippen molar-refractivity contribution in [2.75, 3.05) is 0 Å². The number of hydrogen-bond donors (Lipinski definition) is 1. The molecular formula is C13H15NO. The number of rotatable bonds is 2. The molecule has 0 unspecified atom stereocenters. The fourth-order valence-electron chi connectivity index (χ4n) is 2.20. The fourth-order valence-corrected chi connectivity index (χ4v) is 2.20. The van der Waals surface area contributed by atoms with Crippen LogP contribution in [-0.4, -0.2) is 12.1 Å². The zero-order valence-corrected chi connectivity index (χ0v) is 8.65. The second-order valence-electron chi connectivity index (χ2n) is 4.44. The number of allylic oxidation sites excluding steroid dienone is 1. The van der Waals surface area contributed by atoms with E-state index in [1.807, 2.05) is 0 Å². The molecule has 0 heterocycles. The highest BCUT2D eigenvalue weighted by atomic mass is 16.5. The molecule has 0 atom stereocenters. The van der Waals surface area contributed by atoms with Crippen molar-refractivity contribution in [3.05, 3.63) is 35.4 Å². The Kier molecular flexibility index (Phi) is 2.03. The molecule has 0 bridgehead atoms. The van der Waals surface area contributed by atoms with E-state index in [4.69, 9.17) is 10.5 Å². The molecule has 2 nitrogen and oxygen atoms in total. The Labute approximate surface area is 89.7 Å². The molecule has 2 heteroatoms. The molecule has 0 radical (unpaired) electrons. The Morgan fingerprint density at radius 2 is 2.13 bits per heavy atom. The maximum absolute atomic E-state index is 5.83. The summed E-state index contributed by atoms with van der Waals surface area (Å²) in [5, 5.41) is 0. The topological polar surface area (TPSA) is 35.2 Å². The molecule has 78 valence electrons. The highest BCUT2D eigenvalue weighted by molar-refractivity contribution is 5.61. The van der Waals surface area contributed by atoms with E-state index in [1.54, 1.807) is 0 Å². The summed E-state index contributed by atoms with van der Waals surface area (Å²) in [5.74, 6) is 0.984. The van der Waals surface area contributed by atoms with Gasteiger partial charge in [-0.15, -0.1) is 0 Å². The number of nitrogens with two attached hydrogens (primary N) is 1. The third-order valence-electron chi connectivity index (χ3n) is 3.19. The molecule has 15 heavy (non-hydrogen) atoms. The predicted octanol–water partition coefficient (Wildman–Crippen LogP) is 2.12. The van der Waals surface area contributed by atoms with Crippen molar-refractivity contribution in [1.29, 1.82) is 0 Å². The van der Waals surface area contributed by atoms with E-state index in [2.05, 4.69) is 30.4 Å². The van der Waals surface area contributed by atoms with Crippen LogP contribution < -0.4 is 10.5 Å². The van der Waals surface area contributed by atoms with E-state index in [9.17, 15) is 0 Å². The molecule has 1 aromatic rings. The van der Waals surface area contributed by atoms with Gasteiger partial charge in [0.2, 0.25) is 0 Å². The second-order valence-corrected chi connectivity index (χ2v) is 4.44. The molecule has 0 saturated heterocycles. The molecule has 1 aromatic carbocycles. The van der Waals surface area contributed by atoms with Gasteiger partial charge in [-0.3, -0.25) is 0 Å². The van der Waals surface area contributed by atoms with Gasteiger partial charge in [0.25, 0.3) is 0 Å². The highest BCUT2D eigenvalue weighted by Gasteiger charge is 2.27. The van der Waals surface area contributed by atoms with Gasteiger partial charge in [-0.05, 0) is 42.5 Å². The first-order valence-electron chi connectivity index (χ1n) is 5.53. The van der Waals surface area contributed by atoms with Gasteiger partial charge in [-0.2, -0.15) is 0 Å². The van der Waals surface area contributed by atoms with Crippen LogP contribution >= 0.6 is 0 Å². The number of fused-ring (bicyclic) bond motifs is 1. The van der Waals surface area contributed by atoms with Crippen LogP contribution in [0.1, 0.15) is 24.0 Å². The van der Waals surface area contributed by atoms with Crippen molar-refractivity contribution in [2.24, 2.45) is 5.73 Å². The molecule has 0 aliphatic heterocycles. The summed E-state index contributed by atoms with van der Waals surface area (Å²) in [6, 6.07) is 6.70. The molecule has 2 aliphatic rings. The van der Waals surface area contributed by atoms with Crippen LogP contribution in [0.3, 0.4) is 0 Å². The van der Waals surface area contributed by atoms with E-state index >= 15 is 0 Å². The lowest BCUT2D eigenvalue weighted by molar-refractivity contribution is 0.101. The minimum Gasteiger partial charge on any atom is -0.490 e. The first kappa shape index (κ1) is 8.98. The van der Waals surface area contributed by atoms with Gasteiger partial charge < -0.3 is 10.5 Å². The normalized spacial score (nSPS) is 27.3. The maximum atomic E-state index is 5.83. The Bertz CT molecular complexity index is 405. The second kappa shape index (κ2) is 3.38. The van der Waals surface area contributed by atoms with Crippen LogP contribution in [0.25, 0.3) is 6.08 Å². The highest BCUT2D eigenvalue weighted by Crippen LogP contribution is 2.28. The van der Waals surface area contributed by atoms with E-state index in [0.29, 0.717) is 12.1 Å².